The first-order chi connectivity index (χ1) is 8.49. The fourth-order valence-corrected chi connectivity index (χ4v) is 2.20. The van der Waals surface area contributed by atoms with Crippen molar-refractivity contribution in [2.75, 3.05) is 20.1 Å². The van der Waals surface area contributed by atoms with Gasteiger partial charge in [-0.3, -0.25) is 0 Å². The molecule has 0 radical (unpaired) electrons. The highest BCUT2D eigenvalue weighted by Gasteiger charge is 2.09. The number of aryl methyl sites for hydroxylation is 1. The summed E-state index contributed by atoms with van der Waals surface area (Å²) >= 11 is 1.65. The fraction of sp³-hybridized carbons (Fsp3) is 0.667. The number of hydrogen-bond acceptors (Lipinski definition) is 4. The van der Waals surface area contributed by atoms with Crippen LogP contribution in [0.3, 0.4) is 0 Å². The summed E-state index contributed by atoms with van der Waals surface area (Å²) in [6.45, 7) is 4.88. The van der Waals surface area contributed by atoms with Crippen LogP contribution in [0.25, 0.3) is 0 Å². The van der Waals surface area contributed by atoms with E-state index in [1.165, 1.54) is 4.88 Å². The Balaban J connectivity index is 2.20. The zero-order valence-electron chi connectivity index (χ0n) is 11.1. The molecule has 5 nitrogen and oxygen atoms in total. The highest BCUT2D eigenvalue weighted by atomic mass is 32.1. The van der Waals surface area contributed by atoms with Gasteiger partial charge in [0.2, 0.25) is 0 Å². The number of aliphatic hydroxyl groups is 1. The molecule has 1 heterocycles. The van der Waals surface area contributed by atoms with Crippen molar-refractivity contribution in [1.29, 1.82) is 0 Å². The first-order valence-corrected chi connectivity index (χ1v) is 6.89. The van der Waals surface area contributed by atoms with E-state index in [4.69, 9.17) is 5.11 Å². The highest BCUT2D eigenvalue weighted by molar-refractivity contribution is 7.11. The van der Waals surface area contributed by atoms with Crippen LogP contribution < -0.4 is 5.32 Å². The zero-order chi connectivity index (χ0) is 13.5. The second-order valence-electron chi connectivity index (χ2n) is 4.41. The number of nitrogens with zero attached hydrogens (tertiary/aromatic N) is 2. The summed E-state index contributed by atoms with van der Waals surface area (Å²) in [4.78, 5) is 18.7. The number of amides is 2. The standard InChI is InChI=1S/C12H21N3O2S/c1-9(16)5-7-15(3)12(17)13-6-4-11-14-8-10(2)18-11/h8-9,16H,4-7H2,1-3H3,(H,13,17). The van der Waals surface area contributed by atoms with Gasteiger partial charge in [0.1, 0.15) is 0 Å². The molecule has 0 saturated carbocycles. The smallest absolute Gasteiger partial charge is 0.317 e. The van der Waals surface area contributed by atoms with Crippen LogP contribution in [0.1, 0.15) is 23.2 Å². The number of hydrogen-bond donors (Lipinski definition) is 2. The Morgan fingerprint density at radius 1 is 1.67 bits per heavy atom. The summed E-state index contributed by atoms with van der Waals surface area (Å²) in [5.41, 5.74) is 0. The molecule has 0 bridgehead atoms. The van der Waals surface area contributed by atoms with Gasteiger partial charge >= 0.3 is 6.03 Å². The number of rotatable bonds is 6. The van der Waals surface area contributed by atoms with Crippen molar-refractivity contribution >= 4 is 17.4 Å². The van der Waals surface area contributed by atoms with Crippen LogP contribution in [0, 0.1) is 6.92 Å². The summed E-state index contributed by atoms with van der Waals surface area (Å²) < 4.78 is 0. The number of aliphatic hydroxyl groups excluding tert-OH is 1. The van der Waals surface area contributed by atoms with Gasteiger partial charge in [0.25, 0.3) is 0 Å². The summed E-state index contributed by atoms with van der Waals surface area (Å²) in [5, 5.41) is 13.0. The molecule has 1 aromatic rings. The summed E-state index contributed by atoms with van der Waals surface area (Å²) in [6.07, 6.45) is 2.82. The van der Waals surface area contributed by atoms with E-state index in [0.717, 1.165) is 11.4 Å². The maximum atomic E-state index is 11.7. The van der Waals surface area contributed by atoms with Gasteiger partial charge < -0.3 is 15.3 Å². The highest BCUT2D eigenvalue weighted by Crippen LogP contribution is 2.10. The zero-order valence-corrected chi connectivity index (χ0v) is 12.0. The lowest BCUT2D eigenvalue weighted by Crippen LogP contribution is -2.39. The molecule has 0 saturated heterocycles. The monoisotopic (exact) mass is 271 g/mol. The number of nitrogens with one attached hydrogen (secondary N) is 1. The predicted molar refractivity (Wildman–Crippen MR) is 72.9 cm³/mol. The first-order valence-electron chi connectivity index (χ1n) is 6.07. The molecule has 0 aliphatic carbocycles. The number of thiazole rings is 1. The number of aromatic nitrogens is 1. The Morgan fingerprint density at radius 3 is 2.94 bits per heavy atom. The molecule has 1 aromatic heterocycles. The van der Waals surface area contributed by atoms with E-state index in [2.05, 4.69) is 10.3 Å². The lowest BCUT2D eigenvalue weighted by Gasteiger charge is -2.18. The summed E-state index contributed by atoms with van der Waals surface area (Å²) in [5.74, 6) is 0. The van der Waals surface area contributed by atoms with Crippen molar-refractivity contribution in [3.05, 3.63) is 16.1 Å². The Labute approximate surface area is 112 Å². The van der Waals surface area contributed by atoms with Crippen molar-refractivity contribution < 1.29 is 9.90 Å². The Hall–Kier alpha value is -1.14. The second kappa shape index (κ2) is 7.33. The van der Waals surface area contributed by atoms with Gasteiger partial charge in [-0.25, -0.2) is 9.78 Å². The number of urea groups is 1. The predicted octanol–water partition coefficient (Wildman–Crippen LogP) is 1.41. The van der Waals surface area contributed by atoms with Gasteiger partial charge in [-0.1, -0.05) is 0 Å². The molecule has 0 aromatic carbocycles. The molecule has 2 amide bonds. The minimum Gasteiger partial charge on any atom is -0.393 e. The average molecular weight is 271 g/mol. The van der Waals surface area contributed by atoms with Crippen LogP contribution in [-0.4, -0.2) is 47.3 Å². The number of carbonyl (C=O) groups excluding carboxylic acids is 1. The maximum Gasteiger partial charge on any atom is 0.317 e. The molecule has 102 valence electrons. The fourth-order valence-electron chi connectivity index (χ4n) is 1.41. The van der Waals surface area contributed by atoms with Crippen LogP contribution in [0.15, 0.2) is 6.20 Å². The second-order valence-corrected chi connectivity index (χ2v) is 5.73. The van der Waals surface area contributed by atoms with Gasteiger partial charge in [0.15, 0.2) is 0 Å². The molecule has 0 aliphatic rings. The third-order valence-corrected chi connectivity index (χ3v) is 3.49. The lowest BCUT2D eigenvalue weighted by molar-refractivity contribution is 0.163. The minimum absolute atomic E-state index is 0.107. The quantitative estimate of drug-likeness (QED) is 0.822. The maximum absolute atomic E-state index is 11.7. The van der Waals surface area contributed by atoms with E-state index in [9.17, 15) is 4.79 Å². The van der Waals surface area contributed by atoms with Crippen LogP contribution >= 0.6 is 11.3 Å². The van der Waals surface area contributed by atoms with Crippen LogP contribution in [0.2, 0.25) is 0 Å². The molecule has 0 spiro atoms. The van der Waals surface area contributed by atoms with Gasteiger partial charge in [0.05, 0.1) is 11.1 Å². The van der Waals surface area contributed by atoms with Crippen LogP contribution in [0.4, 0.5) is 4.79 Å². The van der Waals surface area contributed by atoms with Gasteiger partial charge in [-0.2, -0.15) is 0 Å². The molecule has 1 rings (SSSR count). The third kappa shape index (κ3) is 5.46. The van der Waals surface area contributed by atoms with Crippen molar-refractivity contribution in [2.24, 2.45) is 0 Å². The molecule has 1 atom stereocenters. The molecule has 0 fully saturated rings. The molecule has 0 aliphatic heterocycles. The lowest BCUT2D eigenvalue weighted by atomic mass is 10.3. The van der Waals surface area contributed by atoms with Gasteiger partial charge in [0, 0.05) is 37.6 Å². The van der Waals surface area contributed by atoms with Crippen LogP contribution in [-0.2, 0) is 6.42 Å². The topological polar surface area (TPSA) is 65.5 Å². The van der Waals surface area contributed by atoms with E-state index in [0.29, 0.717) is 19.5 Å². The summed E-state index contributed by atoms with van der Waals surface area (Å²) in [7, 11) is 1.73. The van der Waals surface area contributed by atoms with Crippen molar-refractivity contribution in [2.45, 2.75) is 32.8 Å². The van der Waals surface area contributed by atoms with E-state index >= 15 is 0 Å². The molecule has 6 heteroatoms. The Kier molecular flexibility index (Phi) is 6.07. The minimum atomic E-state index is -0.376. The Morgan fingerprint density at radius 2 is 2.39 bits per heavy atom. The van der Waals surface area contributed by atoms with Gasteiger partial charge in [-0.05, 0) is 20.3 Å². The van der Waals surface area contributed by atoms with Crippen molar-refractivity contribution in [3.8, 4) is 0 Å². The Bertz CT molecular complexity index is 379. The van der Waals surface area contributed by atoms with Crippen molar-refractivity contribution in [3.63, 3.8) is 0 Å². The van der Waals surface area contributed by atoms with Crippen LogP contribution in [0.5, 0.6) is 0 Å². The SMILES string of the molecule is Cc1cnc(CCNC(=O)N(C)CCC(C)O)s1. The molecule has 18 heavy (non-hydrogen) atoms. The van der Waals surface area contributed by atoms with Crippen molar-refractivity contribution in [1.82, 2.24) is 15.2 Å². The van der Waals surface area contributed by atoms with E-state index in [-0.39, 0.29) is 12.1 Å². The van der Waals surface area contributed by atoms with E-state index in [1.807, 2.05) is 13.1 Å². The van der Waals surface area contributed by atoms with E-state index < -0.39 is 0 Å². The first kappa shape index (κ1) is 14.9. The van der Waals surface area contributed by atoms with E-state index in [1.54, 1.807) is 30.2 Å². The van der Waals surface area contributed by atoms with Gasteiger partial charge in [-0.15, -0.1) is 11.3 Å². The third-order valence-electron chi connectivity index (χ3n) is 2.51. The largest absolute Gasteiger partial charge is 0.393 e. The summed E-state index contributed by atoms with van der Waals surface area (Å²) in [6, 6.07) is -0.107. The molecular formula is C12H21N3O2S. The normalized spacial score (nSPS) is 12.2. The molecule has 2 N–H and O–H groups in total. The number of carbonyl (C=O) groups is 1. The molecular weight excluding hydrogens is 250 g/mol. The molecule has 1 unspecified atom stereocenters. The average Bonchev–Trinajstić information content (AvgIpc) is 2.71.